The molecule has 3 rings (SSSR count). The number of fused-ring (bicyclic) bond motifs is 1. The van der Waals surface area contributed by atoms with Crippen LogP contribution in [0.5, 0.6) is 0 Å². The van der Waals surface area contributed by atoms with Gasteiger partial charge in [-0.2, -0.15) is 0 Å². The number of esters is 1. The van der Waals surface area contributed by atoms with Crippen molar-refractivity contribution in [2.24, 2.45) is 0 Å². The van der Waals surface area contributed by atoms with E-state index >= 15 is 0 Å². The normalized spacial score (nSPS) is 14.8. The number of nitrogens with zero attached hydrogens (tertiary/aromatic N) is 2. The smallest absolute Gasteiger partial charge is 0.342 e. The van der Waals surface area contributed by atoms with Gasteiger partial charge in [0.15, 0.2) is 0 Å². The number of aryl methyl sites for hydroxylation is 1. The summed E-state index contributed by atoms with van der Waals surface area (Å²) in [5.74, 6) is -0.606. The summed E-state index contributed by atoms with van der Waals surface area (Å²) in [6, 6.07) is 0.172. The molecule has 0 unspecified atom stereocenters. The van der Waals surface area contributed by atoms with Gasteiger partial charge in [0.1, 0.15) is 29.6 Å². The minimum absolute atomic E-state index is 0.0483. The summed E-state index contributed by atoms with van der Waals surface area (Å²) in [4.78, 5) is 41.1. The van der Waals surface area contributed by atoms with Gasteiger partial charge in [0.2, 0.25) is 11.6 Å². The molecule has 2 heterocycles. The highest BCUT2D eigenvalue weighted by Gasteiger charge is 2.24. The summed E-state index contributed by atoms with van der Waals surface area (Å²) < 4.78 is 11.6. The maximum absolute atomic E-state index is 12.7. The van der Waals surface area contributed by atoms with Crippen LogP contribution in [0, 0.1) is 6.92 Å². The first-order chi connectivity index (χ1) is 12.0. The average Bonchev–Trinajstić information content (AvgIpc) is 3.17. The van der Waals surface area contributed by atoms with Crippen molar-refractivity contribution in [1.29, 1.82) is 0 Å². The van der Waals surface area contributed by atoms with Crippen molar-refractivity contribution in [3.63, 3.8) is 0 Å². The molecule has 0 atom stereocenters. The van der Waals surface area contributed by atoms with E-state index in [9.17, 15) is 14.4 Å². The van der Waals surface area contributed by atoms with Gasteiger partial charge in [0.05, 0.1) is 6.61 Å². The van der Waals surface area contributed by atoms with E-state index in [1.54, 1.807) is 13.8 Å². The van der Waals surface area contributed by atoms with Crippen molar-refractivity contribution in [2.75, 3.05) is 6.61 Å². The molecule has 25 heavy (non-hydrogen) atoms. The molecular weight excluding hydrogens is 326 g/mol. The second kappa shape index (κ2) is 7.08. The molecule has 0 aromatic carbocycles. The lowest BCUT2D eigenvalue weighted by molar-refractivity contribution is -0.122. The standard InChI is InChI=1S/C17H21N3O5/c1-3-24-17(23)13-10(2)25-15-14(13)16(22)20(9-18-15)8-12(21)19-11-6-4-5-7-11/h9,11H,3-8H2,1-2H3,(H,19,21). The lowest BCUT2D eigenvalue weighted by Crippen LogP contribution is -2.37. The highest BCUT2D eigenvalue weighted by molar-refractivity contribution is 6.03. The van der Waals surface area contributed by atoms with Crippen LogP contribution < -0.4 is 10.9 Å². The molecule has 1 aliphatic rings. The molecule has 0 aliphatic heterocycles. The van der Waals surface area contributed by atoms with Crippen LogP contribution in [0.15, 0.2) is 15.5 Å². The van der Waals surface area contributed by atoms with Crippen LogP contribution in [0.4, 0.5) is 0 Å². The molecular formula is C17H21N3O5. The summed E-state index contributed by atoms with van der Waals surface area (Å²) in [7, 11) is 0. The van der Waals surface area contributed by atoms with Gasteiger partial charge in [0, 0.05) is 6.04 Å². The monoisotopic (exact) mass is 347 g/mol. The van der Waals surface area contributed by atoms with E-state index in [1.807, 2.05) is 0 Å². The third-order valence-corrected chi connectivity index (χ3v) is 4.37. The Morgan fingerprint density at radius 1 is 1.40 bits per heavy atom. The van der Waals surface area contributed by atoms with Crippen molar-refractivity contribution >= 4 is 23.0 Å². The number of hydrogen-bond acceptors (Lipinski definition) is 6. The van der Waals surface area contributed by atoms with Crippen molar-refractivity contribution < 1.29 is 18.7 Å². The van der Waals surface area contributed by atoms with Crippen LogP contribution in [0.25, 0.3) is 11.1 Å². The van der Waals surface area contributed by atoms with E-state index in [-0.39, 0.29) is 47.5 Å². The largest absolute Gasteiger partial charge is 0.462 e. The Kier molecular flexibility index (Phi) is 4.87. The quantitative estimate of drug-likeness (QED) is 0.823. The number of hydrogen-bond donors (Lipinski definition) is 1. The Morgan fingerprint density at radius 3 is 2.80 bits per heavy atom. The second-order valence-electron chi connectivity index (χ2n) is 6.16. The Balaban J connectivity index is 1.90. The van der Waals surface area contributed by atoms with Crippen LogP contribution >= 0.6 is 0 Å². The summed E-state index contributed by atoms with van der Waals surface area (Å²) in [5, 5.41) is 2.97. The maximum Gasteiger partial charge on any atom is 0.342 e. The number of ether oxygens (including phenoxy) is 1. The van der Waals surface area contributed by atoms with Gasteiger partial charge in [-0.15, -0.1) is 0 Å². The number of carbonyl (C=O) groups is 2. The zero-order chi connectivity index (χ0) is 18.0. The molecule has 134 valence electrons. The zero-order valence-corrected chi connectivity index (χ0v) is 14.3. The van der Waals surface area contributed by atoms with E-state index in [1.165, 1.54) is 10.9 Å². The van der Waals surface area contributed by atoms with Gasteiger partial charge >= 0.3 is 5.97 Å². The highest BCUT2D eigenvalue weighted by Crippen LogP contribution is 2.22. The van der Waals surface area contributed by atoms with E-state index in [2.05, 4.69) is 10.3 Å². The van der Waals surface area contributed by atoms with Gasteiger partial charge in [-0.1, -0.05) is 12.8 Å². The third kappa shape index (κ3) is 3.42. The van der Waals surface area contributed by atoms with Crippen LogP contribution in [0.3, 0.4) is 0 Å². The fraction of sp³-hybridized carbons (Fsp3) is 0.529. The minimum Gasteiger partial charge on any atom is -0.462 e. The molecule has 2 aromatic rings. The predicted octanol–water partition coefficient (Wildman–Crippen LogP) is 1.53. The number of nitrogens with one attached hydrogen (secondary N) is 1. The van der Waals surface area contributed by atoms with Gasteiger partial charge in [0.25, 0.3) is 5.56 Å². The number of furan rings is 1. The molecule has 0 bridgehead atoms. The highest BCUT2D eigenvalue weighted by atomic mass is 16.5. The van der Waals surface area contributed by atoms with Crippen molar-refractivity contribution in [2.45, 2.75) is 52.1 Å². The molecule has 0 spiro atoms. The van der Waals surface area contributed by atoms with Crippen LogP contribution in [0.1, 0.15) is 48.7 Å². The van der Waals surface area contributed by atoms with Gasteiger partial charge < -0.3 is 14.5 Å². The molecule has 0 radical (unpaired) electrons. The molecule has 8 heteroatoms. The summed E-state index contributed by atoms with van der Waals surface area (Å²) in [5.41, 5.74) is -0.357. The molecule has 1 saturated carbocycles. The topological polar surface area (TPSA) is 103 Å². The van der Waals surface area contributed by atoms with Crippen LogP contribution in [-0.4, -0.2) is 34.1 Å². The second-order valence-corrected chi connectivity index (χ2v) is 6.16. The number of rotatable bonds is 5. The van der Waals surface area contributed by atoms with E-state index in [0.717, 1.165) is 25.7 Å². The molecule has 8 nitrogen and oxygen atoms in total. The zero-order valence-electron chi connectivity index (χ0n) is 14.3. The predicted molar refractivity (Wildman–Crippen MR) is 89.4 cm³/mol. The average molecular weight is 347 g/mol. The SMILES string of the molecule is CCOC(=O)c1c(C)oc2ncn(CC(=O)NC3CCCC3)c(=O)c12. The maximum atomic E-state index is 12.7. The summed E-state index contributed by atoms with van der Waals surface area (Å²) in [6.45, 7) is 3.29. The molecule has 1 aliphatic carbocycles. The Hall–Kier alpha value is -2.64. The van der Waals surface area contributed by atoms with Gasteiger partial charge in [-0.3, -0.25) is 14.2 Å². The molecule has 1 N–H and O–H groups in total. The third-order valence-electron chi connectivity index (χ3n) is 4.37. The Bertz CT molecular complexity index is 861. The number of aromatic nitrogens is 2. The fourth-order valence-electron chi connectivity index (χ4n) is 3.20. The lowest BCUT2D eigenvalue weighted by atomic mass is 10.2. The first-order valence-corrected chi connectivity index (χ1v) is 8.46. The Morgan fingerprint density at radius 2 is 2.12 bits per heavy atom. The first kappa shape index (κ1) is 17.2. The van der Waals surface area contributed by atoms with Crippen molar-refractivity contribution in [1.82, 2.24) is 14.9 Å². The molecule has 0 saturated heterocycles. The summed E-state index contributed by atoms with van der Waals surface area (Å²) in [6.07, 6.45) is 5.40. The number of amides is 1. The van der Waals surface area contributed by atoms with Crippen molar-refractivity contribution in [3.8, 4) is 0 Å². The van der Waals surface area contributed by atoms with E-state index < -0.39 is 11.5 Å². The lowest BCUT2D eigenvalue weighted by Gasteiger charge is -2.12. The van der Waals surface area contributed by atoms with E-state index in [4.69, 9.17) is 9.15 Å². The van der Waals surface area contributed by atoms with Gasteiger partial charge in [-0.25, -0.2) is 9.78 Å². The van der Waals surface area contributed by atoms with Crippen LogP contribution in [-0.2, 0) is 16.1 Å². The van der Waals surface area contributed by atoms with E-state index in [0.29, 0.717) is 0 Å². The fourth-order valence-corrected chi connectivity index (χ4v) is 3.20. The van der Waals surface area contributed by atoms with Gasteiger partial charge in [-0.05, 0) is 26.7 Å². The Labute approximate surface area is 144 Å². The molecule has 1 fully saturated rings. The number of carbonyl (C=O) groups excluding carboxylic acids is 2. The minimum atomic E-state index is -0.634. The summed E-state index contributed by atoms with van der Waals surface area (Å²) >= 11 is 0. The molecule has 2 aromatic heterocycles. The van der Waals surface area contributed by atoms with Crippen molar-refractivity contribution in [3.05, 3.63) is 28.0 Å². The van der Waals surface area contributed by atoms with Crippen LogP contribution in [0.2, 0.25) is 0 Å². The molecule has 1 amide bonds. The first-order valence-electron chi connectivity index (χ1n) is 8.46.